The van der Waals surface area contributed by atoms with Crippen molar-refractivity contribution in [1.29, 1.82) is 5.26 Å². The van der Waals surface area contributed by atoms with Gasteiger partial charge in [-0.2, -0.15) is 10.2 Å². The Labute approximate surface area is 140 Å². The van der Waals surface area contributed by atoms with Gasteiger partial charge in [-0.15, -0.1) is 0 Å². The molecule has 24 heavy (non-hydrogen) atoms. The van der Waals surface area contributed by atoms with Gasteiger partial charge in [0, 0.05) is 19.3 Å². The van der Waals surface area contributed by atoms with Crippen molar-refractivity contribution in [2.45, 2.75) is 19.8 Å². The van der Waals surface area contributed by atoms with Crippen LogP contribution in [-0.4, -0.2) is 22.6 Å². The van der Waals surface area contributed by atoms with Crippen molar-refractivity contribution in [2.24, 2.45) is 0 Å². The number of rotatable bonds is 2. The predicted octanol–water partition coefficient (Wildman–Crippen LogP) is 1.79. The monoisotopic (exact) mass is 321 g/mol. The highest BCUT2D eigenvalue weighted by atomic mass is 16.1. The Balaban J connectivity index is 2.02. The maximum Gasteiger partial charge on any atom is 0.279 e. The van der Waals surface area contributed by atoms with Crippen LogP contribution in [0.5, 0.6) is 0 Å². The number of aromatic nitrogens is 2. The van der Waals surface area contributed by atoms with Gasteiger partial charge < -0.3 is 10.6 Å². The van der Waals surface area contributed by atoms with Gasteiger partial charge >= 0.3 is 0 Å². The molecule has 2 N–H and O–H groups in total. The molecule has 6 heteroatoms. The minimum absolute atomic E-state index is 0.0354. The fourth-order valence-electron chi connectivity index (χ4n) is 3.04. The van der Waals surface area contributed by atoms with E-state index in [-0.39, 0.29) is 11.5 Å². The summed E-state index contributed by atoms with van der Waals surface area (Å²) < 4.78 is 1.20. The lowest BCUT2D eigenvalue weighted by molar-refractivity contribution is 0.782. The minimum atomic E-state index is -0.431. The van der Waals surface area contributed by atoms with Crippen molar-refractivity contribution in [2.75, 3.05) is 23.7 Å². The summed E-state index contributed by atoms with van der Waals surface area (Å²) in [6, 6.07) is 10.3. The molecule has 0 aliphatic carbocycles. The first-order valence-corrected chi connectivity index (χ1v) is 7.92. The van der Waals surface area contributed by atoms with E-state index in [1.165, 1.54) is 21.9 Å². The van der Waals surface area contributed by atoms with Crippen LogP contribution in [0.15, 0.2) is 35.1 Å². The third-order valence-corrected chi connectivity index (χ3v) is 4.25. The van der Waals surface area contributed by atoms with Crippen molar-refractivity contribution in [3.63, 3.8) is 0 Å². The third kappa shape index (κ3) is 2.76. The van der Waals surface area contributed by atoms with Gasteiger partial charge in [-0.25, -0.2) is 0 Å². The van der Waals surface area contributed by atoms with E-state index in [0.29, 0.717) is 18.9 Å². The van der Waals surface area contributed by atoms with Gasteiger partial charge in [0.2, 0.25) is 5.95 Å². The first-order valence-electron chi connectivity index (χ1n) is 7.92. The Morgan fingerprint density at radius 1 is 1.25 bits per heavy atom. The fourth-order valence-corrected chi connectivity index (χ4v) is 3.04. The average molecular weight is 321 g/mol. The molecular weight excluding hydrogens is 302 g/mol. The second kappa shape index (κ2) is 6.59. The van der Waals surface area contributed by atoms with Crippen LogP contribution in [0.3, 0.4) is 0 Å². The van der Waals surface area contributed by atoms with Crippen LogP contribution in [0.25, 0.3) is 6.20 Å². The molecule has 1 aromatic heterocycles. The third-order valence-electron chi connectivity index (χ3n) is 4.25. The standard InChI is InChI=1S/C18H19N5O/c1-2-9-23-17(24)15(12-19)16(21-18(23)20)22-10-7-13-5-3-4-6-14(13)8-11-22/h2-6,9H,7-8,10-11H2,1H3,(H2,20,21). The summed E-state index contributed by atoms with van der Waals surface area (Å²) in [6.45, 7) is 3.17. The van der Waals surface area contributed by atoms with E-state index >= 15 is 0 Å². The molecule has 6 nitrogen and oxygen atoms in total. The molecule has 1 aromatic carbocycles. The molecule has 0 saturated carbocycles. The number of hydrogen-bond donors (Lipinski definition) is 1. The lowest BCUT2D eigenvalue weighted by atomic mass is 10.0. The number of nitrogens with zero attached hydrogens (tertiary/aromatic N) is 4. The molecule has 0 bridgehead atoms. The van der Waals surface area contributed by atoms with Crippen molar-refractivity contribution < 1.29 is 0 Å². The second-order valence-corrected chi connectivity index (χ2v) is 5.69. The molecule has 0 unspecified atom stereocenters. The van der Waals surface area contributed by atoms with Gasteiger partial charge in [0.25, 0.3) is 5.56 Å². The maximum atomic E-state index is 12.5. The summed E-state index contributed by atoms with van der Waals surface area (Å²) in [5.74, 6) is 0.474. The molecule has 2 aromatic rings. The number of anilines is 2. The lowest BCUT2D eigenvalue weighted by Gasteiger charge is -2.23. The summed E-state index contributed by atoms with van der Waals surface area (Å²) in [6.07, 6.45) is 4.90. The highest BCUT2D eigenvalue weighted by Crippen LogP contribution is 2.22. The molecule has 1 aliphatic rings. The molecule has 0 atom stereocenters. The molecule has 0 fully saturated rings. The summed E-state index contributed by atoms with van der Waals surface area (Å²) in [7, 11) is 0. The van der Waals surface area contributed by atoms with Gasteiger partial charge in [-0.1, -0.05) is 30.3 Å². The zero-order valence-electron chi connectivity index (χ0n) is 13.6. The van der Waals surface area contributed by atoms with Crippen molar-refractivity contribution in [1.82, 2.24) is 9.55 Å². The number of nitrogen functional groups attached to an aromatic ring is 1. The van der Waals surface area contributed by atoms with Gasteiger partial charge in [0.15, 0.2) is 11.4 Å². The lowest BCUT2D eigenvalue weighted by Crippen LogP contribution is -2.33. The first kappa shape index (κ1) is 15.8. The highest BCUT2D eigenvalue weighted by molar-refractivity contribution is 5.57. The van der Waals surface area contributed by atoms with E-state index in [1.807, 2.05) is 23.1 Å². The second-order valence-electron chi connectivity index (χ2n) is 5.69. The number of nitriles is 1. The van der Waals surface area contributed by atoms with Gasteiger partial charge in [0.05, 0.1) is 0 Å². The molecule has 122 valence electrons. The molecule has 0 spiro atoms. The van der Waals surface area contributed by atoms with E-state index in [4.69, 9.17) is 5.73 Å². The summed E-state index contributed by atoms with van der Waals surface area (Å²) in [5, 5.41) is 9.46. The Morgan fingerprint density at radius 3 is 2.42 bits per heavy atom. The summed E-state index contributed by atoms with van der Waals surface area (Å²) >= 11 is 0. The molecule has 0 saturated heterocycles. The van der Waals surface area contributed by atoms with E-state index in [9.17, 15) is 10.1 Å². The van der Waals surface area contributed by atoms with E-state index in [1.54, 1.807) is 13.0 Å². The van der Waals surface area contributed by atoms with E-state index < -0.39 is 5.56 Å². The molecule has 0 radical (unpaired) electrons. The Morgan fingerprint density at radius 2 is 1.88 bits per heavy atom. The van der Waals surface area contributed by atoms with Crippen molar-refractivity contribution in [3.05, 3.63) is 57.4 Å². The smallest absolute Gasteiger partial charge is 0.279 e. The molecular formula is C18H19N5O. The SMILES string of the molecule is CC=Cn1c(N)nc(N2CCc3ccccc3CC2)c(C#N)c1=O. The van der Waals surface area contributed by atoms with Gasteiger partial charge in [0.1, 0.15) is 6.07 Å². The largest absolute Gasteiger partial charge is 0.369 e. The van der Waals surface area contributed by atoms with Crippen LogP contribution in [0.4, 0.5) is 11.8 Å². The molecule has 0 amide bonds. The van der Waals surface area contributed by atoms with Crippen LogP contribution in [-0.2, 0) is 12.8 Å². The molecule has 1 aliphatic heterocycles. The summed E-state index contributed by atoms with van der Waals surface area (Å²) in [5.41, 5.74) is 8.13. The van der Waals surface area contributed by atoms with Crippen LogP contribution in [0.1, 0.15) is 23.6 Å². The van der Waals surface area contributed by atoms with Gasteiger partial charge in [-0.05, 0) is 30.9 Å². The Kier molecular flexibility index (Phi) is 4.34. The predicted molar refractivity (Wildman–Crippen MR) is 94.7 cm³/mol. The number of nitrogens with two attached hydrogens (primary N) is 1. The number of allylic oxidation sites excluding steroid dienone is 1. The van der Waals surface area contributed by atoms with E-state index in [2.05, 4.69) is 17.1 Å². The minimum Gasteiger partial charge on any atom is -0.369 e. The molecule has 3 rings (SSSR count). The Hall–Kier alpha value is -3.07. The van der Waals surface area contributed by atoms with Crippen molar-refractivity contribution in [3.8, 4) is 6.07 Å². The highest BCUT2D eigenvalue weighted by Gasteiger charge is 2.21. The topological polar surface area (TPSA) is 87.9 Å². The van der Waals surface area contributed by atoms with E-state index in [0.717, 1.165) is 12.8 Å². The van der Waals surface area contributed by atoms with Crippen LogP contribution in [0, 0.1) is 11.3 Å². The van der Waals surface area contributed by atoms with Crippen LogP contribution < -0.4 is 16.2 Å². The van der Waals surface area contributed by atoms with Crippen molar-refractivity contribution >= 4 is 18.0 Å². The quantitative estimate of drug-likeness (QED) is 0.911. The average Bonchev–Trinajstić information content (AvgIpc) is 2.81. The molecule has 2 heterocycles. The number of benzene rings is 1. The zero-order valence-corrected chi connectivity index (χ0v) is 13.6. The summed E-state index contributed by atoms with van der Waals surface area (Å²) in [4.78, 5) is 18.8. The maximum absolute atomic E-state index is 12.5. The number of hydrogen-bond acceptors (Lipinski definition) is 5. The van der Waals surface area contributed by atoms with Crippen LogP contribution >= 0.6 is 0 Å². The fraction of sp³-hybridized carbons (Fsp3) is 0.278. The Bertz CT molecular complexity index is 864. The van der Waals surface area contributed by atoms with Crippen LogP contribution in [0.2, 0.25) is 0 Å². The van der Waals surface area contributed by atoms with Gasteiger partial charge in [-0.3, -0.25) is 9.36 Å². The normalized spacial score (nSPS) is 14.2. The zero-order chi connectivity index (χ0) is 17.1. The number of fused-ring (bicyclic) bond motifs is 1. The first-order chi connectivity index (χ1) is 11.7.